The van der Waals surface area contributed by atoms with Crippen molar-refractivity contribution in [1.29, 1.82) is 0 Å². The quantitative estimate of drug-likeness (QED) is 0.765. The average Bonchev–Trinajstić information content (AvgIpc) is 2.49. The van der Waals surface area contributed by atoms with E-state index in [-0.39, 0.29) is 0 Å². The summed E-state index contributed by atoms with van der Waals surface area (Å²) in [5.41, 5.74) is 1.72. The number of rotatable bonds is 1. The summed E-state index contributed by atoms with van der Waals surface area (Å²) in [6.45, 7) is 4.19. The van der Waals surface area contributed by atoms with E-state index in [9.17, 15) is 5.11 Å². The standard InChI is InChI=1S/C12H16OS/c1-9-3-5-11(6-4-9)12(13)8-14-7-10(12)2/h3-6,10,13H,7-8H2,1-2H3/t10-,12-/m1/s1. The molecule has 0 bridgehead atoms. The molecule has 1 aromatic rings. The normalized spacial score (nSPS) is 32.1. The van der Waals surface area contributed by atoms with E-state index in [1.807, 2.05) is 11.8 Å². The van der Waals surface area contributed by atoms with Crippen LogP contribution in [-0.4, -0.2) is 16.6 Å². The van der Waals surface area contributed by atoms with E-state index in [0.717, 1.165) is 17.1 Å². The molecule has 0 aromatic heterocycles. The second-order valence-corrected chi connectivity index (χ2v) is 5.24. The Morgan fingerprint density at radius 1 is 1.36 bits per heavy atom. The number of thioether (sulfide) groups is 1. The second kappa shape index (κ2) is 3.59. The first-order valence-electron chi connectivity index (χ1n) is 5.00. The molecule has 1 nitrogen and oxygen atoms in total. The zero-order chi connectivity index (χ0) is 10.2. The van der Waals surface area contributed by atoms with Crippen molar-refractivity contribution < 1.29 is 5.11 Å². The first-order valence-corrected chi connectivity index (χ1v) is 6.15. The Labute approximate surface area is 89.5 Å². The Morgan fingerprint density at radius 2 is 2.00 bits per heavy atom. The molecule has 0 unspecified atom stereocenters. The van der Waals surface area contributed by atoms with Crippen molar-refractivity contribution in [2.45, 2.75) is 19.4 Å². The van der Waals surface area contributed by atoms with Crippen LogP contribution in [0.4, 0.5) is 0 Å². The van der Waals surface area contributed by atoms with Crippen LogP contribution in [0.5, 0.6) is 0 Å². The predicted octanol–water partition coefficient (Wildman–Crippen LogP) is 2.57. The van der Waals surface area contributed by atoms with Crippen LogP contribution in [0, 0.1) is 12.8 Å². The molecule has 0 saturated carbocycles. The molecule has 1 heterocycles. The molecule has 1 aliphatic rings. The largest absolute Gasteiger partial charge is 0.384 e. The van der Waals surface area contributed by atoms with E-state index in [2.05, 4.69) is 38.1 Å². The molecule has 2 heteroatoms. The highest BCUT2D eigenvalue weighted by Gasteiger charge is 2.40. The SMILES string of the molecule is Cc1ccc([C@@]2(O)CSC[C@H]2C)cc1. The molecule has 1 aromatic carbocycles. The maximum Gasteiger partial charge on any atom is 0.102 e. The van der Waals surface area contributed by atoms with E-state index in [4.69, 9.17) is 0 Å². The summed E-state index contributed by atoms with van der Waals surface area (Å²) < 4.78 is 0. The Bertz CT molecular complexity index is 320. The van der Waals surface area contributed by atoms with Gasteiger partial charge in [-0.05, 0) is 24.2 Å². The van der Waals surface area contributed by atoms with Crippen LogP contribution in [0.25, 0.3) is 0 Å². The molecular weight excluding hydrogens is 192 g/mol. The van der Waals surface area contributed by atoms with E-state index < -0.39 is 5.60 Å². The van der Waals surface area contributed by atoms with Gasteiger partial charge < -0.3 is 5.11 Å². The summed E-state index contributed by atoms with van der Waals surface area (Å²) in [5.74, 6) is 2.25. The van der Waals surface area contributed by atoms with Crippen LogP contribution < -0.4 is 0 Å². The Morgan fingerprint density at radius 3 is 2.50 bits per heavy atom. The Hall–Kier alpha value is -0.470. The van der Waals surface area contributed by atoms with E-state index >= 15 is 0 Å². The fourth-order valence-electron chi connectivity index (χ4n) is 1.88. The Kier molecular flexibility index (Phi) is 2.58. The maximum absolute atomic E-state index is 10.5. The number of aryl methyl sites for hydroxylation is 1. The third kappa shape index (κ3) is 1.57. The number of hydrogen-bond acceptors (Lipinski definition) is 2. The first kappa shape index (κ1) is 10.1. The van der Waals surface area contributed by atoms with Crippen LogP contribution in [0.3, 0.4) is 0 Å². The molecule has 14 heavy (non-hydrogen) atoms. The fourth-order valence-corrected chi connectivity index (χ4v) is 3.39. The summed E-state index contributed by atoms with van der Waals surface area (Å²) in [6, 6.07) is 8.25. The molecule has 1 aliphatic heterocycles. The zero-order valence-electron chi connectivity index (χ0n) is 8.66. The predicted molar refractivity (Wildman–Crippen MR) is 61.6 cm³/mol. The van der Waals surface area contributed by atoms with Gasteiger partial charge in [-0.3, -0.25) is 0 Å². The van der Waals surface area contributed by atoms with Crippen molar-refractivity contribution in [3.63, 3.8) is 0 Å². The third-order valence-corrected chi connectivity index (χ3v) is 4.44. The van der Waals surface area contributed by atoms with Crippen molar-refractivity contribution in [2.75, 3.05) is 11.5 Å². The van der Waals surface area contributed by atoms with Gasteiger partial charge in [0.25, 0.3) is 0 Å². The van der Waals surface area contributed by atoms with Gasteiger partial charge in [0, 0.05) is 5.75 Å². The van der Waals surface area contributed by atoms with Gasteiger partial charge in [-0.25, -0.2) is 0 Å². The smallest absolute Gasteiger partial charge is 0.102 e. The van der Waals surface area contributed by atoms with E-state index in [0.29, 0.717) is 5.92 Å². The van der Waals surface area contributed by atoms with Crippen LogP contribution in [0.15, 0.2) is 24.3 Å². The number of aliphatic hydroxyl groups is 1. The molecule has 0 spiro atoms. The minimum Gasteiger partial charge on any atom is -0.384 e. The molecule has 0 amide bonds. The van der Waals surface area contributed by atoms with Gasteiger partial charge in [-0.1, -0.05) is 36.8 Å². The van der Waals surface area contributed by atoms with Gasteiger partial charge in [0.05, 0.1) is 0 Å². The summed E-state index contributed by atoms with van der Waals surface area (Å²) in [4.78, 5) is 0. The summed E-state index contributed by atoms with van der Waals surface area (Å²) in [6.07, 6.45) is 0. The molecule has 76 valence electrons. The van der Waals surface area contributed by atoms with Crippen molar-refractivity contribution in [3.8, 4) is 0 Å². The van der Waals surface area contributed by atoms with Crippen molar-refractivity contribution in [3.05, 3.63) is 35.4 Å². The molecule has 1 saturated heterocycles. The molecule has 0 radical (unpaired) electrons. The van der Waals surface area contributed by atoms with E-state index in [1.54, 1.807) is 0 Å². The number of hydrogen-bond donors (Lipinski definition) is 1. The van der Waals surface area contributed by atoms with Crippen LogP contribution in [0.1, 0.15) is 18.1 Å². The first-order chi connectivity index (χ1) is 6.63. The van der Waals surface area contributed by atoms with Gasteiger partial charge in [0.2, 0.25) is 0 Å². The molecule has 1 fully saturated rings. The highest BCUT2D eigenvalue weighted by molar-refractivity contribution is 7.99. The highest BCUT2D eigenvalue weighted by Crippen LogP contribution is 2.41. The summed E-state index contributed by atoms with van der Waals surface area (Å²) >= 11 is 1.84. The molecule has 2 rings (SSSR count). The average molecular weight is 208 g/mol. The third-order valence-electron chi connectivity index (χ3n) is 3.06. The molecule has 0 aliphatic carbocycles. The zero-order valence-corrected chi connectivity index (χ0v) is 9.47. The van der Waals surface area contributed by atoms with Crippen LogP contribution in [0.2, 0.25) is 0 Å². The Balaban J connectivity index is 2.34. The molecule has 2 atom stereocenters. The highest BCUT2D eigenvalue weighted by atomic mass is 32.2. The van der Waals surface area contributed by atoms with Crippen molar-refractivity contribution in [2.24, 2.45) is 5.92 Å². The van der Waals surface area contributed by atoms with Crippen molar-refractivity contribution >= 4 is 11.8 Å². The maximum atomic E-state index is 10.5. The summed E-state index contributed by atoms with van der Waals surface area (Å²) in [5, 5.41) is 10.5. The molecule has 1 N–H and O–H groups in total. The van der Waals surface area contributed by atoms with Crippen LogP contribution in [-0.2, 0) is 5.60 Å². The second-order valence-electron chi connectivity index (χ2n) is 4.21. The van der Waals surface area contributed by atoms with Crippen molar-refractivity contribution in [1.82, 2.24) is 0 Å². The lowest BCUT2D eigenvalue weighted by atomic mass is 9.85. The monoisotopic (exact) mass is 208 g/mol. The lowest BCUT2D eigenvalue weighted by Gasteiger charge is -2.27. The topological polar surface area (TPSA) is 20.2 Å². The van der Waals surface area contributed by atoms with Crippen LogP contribution >= 0.6 is 11.8 Å². The number of benzene rings is 1. The minimum absolute atomic E-state index is 0.357. The molecular formula is C12H16OS. The minimum atomic E-state index is -0.599. The van der Waals surface area contributed by atoms with E-state index in [1.165, 1.54) is 5.56 Å². The van der Waals surface area contributed by atoms with Gasteiger partial charge in [0.1, 0.15) is 5.60 Å². The lowest BCUT2D eigenvalue weighted by molar-refractivity contribution is 0.0234. The lowest BCUT2D eigenvalue weighted by Crippen LogP contribution is -2.32. The van der Waals surface area contributed by atoms with Gasteiger partial charge in [-0.2, -0.15) is 11.8 Å². The summed E-state index contributed by atoms with van der Waals surface area (Å²) in [7, 11) is 0. The van der Waals surface area contributed by atoms with Gasteiger partial charge in [-0.15, -0.1) is 0 Å². The fraction of sp³-hybridized carbons (Fsp3) is 0.500. The van der Waals surface area contributed by atoms with Gasteiger partial charge >= 0.3 is 0 Å². The van der Waals surface area contributed by atoms with Gasteiger partial charge in [0.15, 0.2) is 0 Å².